The van der Waals surface area contributed by atoms with E-state index in [1.54, 1.807) is 12.1 Å². The predicted octanol–water partition coefficient (Wildman–Crippen LogP) is 3.80. The van der Waals surface area contributed by atoms with E-state index in [-0.39, 0.29) is 6.61 Å². The van der Waals surface area contributed by atoms with E-state index < -0.39 is 0 Å². The van der Waals surface area contributed by atoms with Gasteiger partial charge in [-0.1, -0.05) is 34.8 Å². The van der Waals surface area contributed by atoms with E-state index >= 15 is 0 Å². The molecule has 0 saturated heterocycles. The van der Waals surface area contributed by atoms with Gasteiger partial charge in [0.2, 0.25) is 0 Å². The molecule has 0 aromatic heterocycles. The summed E-state index contributed by atoms with van der Waals surface area (Å²) in [6, 6.07) is 3.31. The van der Waals surface area contributed by atoms with Crippen molar-refractivity contribution in [2.24, 2.45) is 0 Å². The maximum Gasteiger partial charge on any atom is 0.139 e. The molecule has 2 nitrogen and oxygen atoms in total. The molecule has 1 aromatic rings. The molecule has 0 bridgehead atoms. The highest BCUT2D eigenvalue weighted by Gasteiger charge is 2.09. The van der Waals surface area contributed by atoms with E-state index in [0.29, 0.717) is 33.8 Å². The standard InChI is InChI=1S/C10H11Cl3O2/c11-7-3-4-8(10(13)9(7)12)15-6-2-1-5-14/h3-4,14H,1-2,5-6H2. The van der Waals surface area contributed by atoms with Gasteiger partial charge < -0.3 is 9.84 Å². The largest absolute Gasteiger partial charge is 0.492 e. The second-order valence-corrected chi connectivity index (χ2v) is 4.12. The van der Waals surface area contributed by atoms with E-state index in [9.17, 15) is 0 Å². The Kier molecular flexibility index (Phi) is 5.54. The number of halogens is 3. The first-order valence-electron chi connectivity index (χ1n) is 4.54. The summed E-state index contributed by atoms with van der Waals surface area (Å²) in [6.07, 6.45) is 1.48. The van der Waals surface area contributed by atoms with Crippen LogP contribution in [0.15, 0.2) is 12.1 Å². The Morgan fingerprint density at radius 3 is 2.47 bits per heavy atom. The quantitative estimate of drug-likeness (QED) is 0.651. The Hall–Kier alpha value is -0.150. The number of ether oxygens (including phenoxy) is 1. The van der Waals surface area contributed by atoms with Crippen LogP contribution in [0.1, 0.15) is 12.8 Å². The van der Waals surface area contributed by atoms with Gasteiger partial charge in [-0.2, -0.15) is 0 Å². The van der Waals surface area contributed by atoms with Gasteiger partial charge in [-0.15, -0.1) is 0 Å². The molecule has 0 unspecified atom stereocenters. The molecule has 0 atom stereocenters. The lowest BCUT2D eigenvalue weighted by Crippen LogP contribution is -1.99. The van der Waals surface area contributed by atoms with Crippen LogP contribution in [0.25, 0.3) is 0 Å². The summed E-state index contributed by atoms with van der Waals surface area (Å²) in [7, 11) is 0. The van der Waals surface area contributed by atoms with Crippen molar-refractivity contribution < 1.29 is 9.84 Å². The van der Waals surface area contributed by atoms with Crippen LogP contribution < -0.4 is 4.74 Å². The number of hydrogen-bond donors (Lipinski definition) is 1. The Morgan fingerprint density at radius 2 is 1.80 bits per heavy atom. The van der Waals surface area contributed by atoms with E-state index in [2.05, 4.69) is 0 Å². The van der Waals surface area contributed by atoms with Crippen molar-refractivity contribution in [2.45, 2.75) is 12.8 Å². The first-order valence-corrected chi connectivity index (χ1v) is 5.67. The molecule has 0 aliphatic rings. The SMILES string of the molecule is OCCCCOc1ccc(Cl)c(Cl)c1Cl. The van der Waals surface area contributed by atoms with Crippen LogP contribution in [-0.2, 0) is 0 Å². The van der Waals surface area contributed by atoms with Crippen LogP contribution in [0.5, 0.6) is 5.75 Å². The smallest absolute Gasteiger partial charge is 0.139 e. The molecule has 0 aliphatic carbocycles. The minimum atomic E-state index is 0.165. The maximum absolute atomic E-state index is 8.58. The Balaban J connectivity index is 2.58. The third-order valence-electron chi connectivity index (χ3n) is 1.81. The molecule has 0 amide bonds. The normalized spacial score (nSPS) is 10.4. The number of benzene rings is 1. The fraction of sp³-hybridized carbons (Fsp3) is 0.400. The summed E-state index contributed by atoms with van der Waals surface area (Å²) in [4.78, 5) is 0. The minimum absolute atomic E-state index is 0.165. The van der Waals surface area contributed by atoms with E-state index in [4.69, 9.17) is 44.6 Å². The molecule has 0 spiro atoms. The number of hydrogen-bond acceptors (Lipinski definition) is 2. The number of rotatable bonds is 5. The summed E-state index contributed by atoms with van der Waals surface area (Å²) >= 11 is 17.5. The van der Waals surface area contributed by atoms with Crippen LogP contribution in [0.3, 0.4) is 0 Å². The van der Waals surface area contributed by atoms with Gasteiger partial charge >= 0.3 is 0 Å². The van der Waals surface area contributed by atoms with Crippen molar-refractivity contribution >= 4 is 34.8 Å². The molecular formula is C10H11Cl3O2. The van der Waals surface area contributed by atoms with Crippen molar-refractivity contribution in [1.29, 1.82) is 0 Å². The Morgan fingerprint density at radius 1 is 1.07 bits per heavy atom. The monoisotopic (exact) mass is 268 g/mol. The predicted molar refractivity (Wildman–Crippen MR) is 63.3 cm³/mol. The second-order valence-electron chi connectivity index (χ2n) is 2.95. The van der Waals surface area contributed by atoms with Crippen molar-refractivity contribution in [3.8, 4) is 5.75 Å². The minimum Gasteiger partial charge on any atom is -0.492 e. The lowest BCUT2D eigenvalue weighted by molar-refractivity contribution is 0.253. The van der Waals surface area contributed by atoms with Gasteiger partial charge in [-0.3, -0.25) is 0 Å². The Labute approximate surface area is 104 Å². The van der Waals surface area contributed by atoms with Gasteiger partial charge in [-0.25, -0.2) is 0 Å². The van der Waals surface area contributed by atoms with Gasteiger partial charge in [0, 0.05) is 6.61 Å². The van der Waals surface area contributed by atoms with Gasteiger partial charge in [0.05, 0.1) is 16.7 Å². The van der Waals surface area contributed by atoms with E-state index in [0.717, 1.165) is 6.42 Å². The average Bonchev–Trinajstić information content (AvgIpc) is 2.24. The zero-order valence-corrected chi connectivity index (χ0v) is 10.2. The lowest BCUT2D eigenvalue weighted by atomic mass is 10.3. The van der Waals surface area contributed by atoms with Crippen molar-refractivity contribution in [1.82, 2.24) is 0 Å². The van der Waals surface area contributed by atoms with Crippen LogP contribution >= 0.6 is 34.8 Å². The van der Waals surface area contributed by atoms with Gasteiger partial charge in [-0.05, 0) is 25.0 Å². The van der Waals surface area contributed by atoms with Crippen LogP contribution in [0.4, 0.5) is 0 Å². The first kappa shape index (κ1) is 12.9. The van der Waals surface area contributed by atoms with Gasteiger partial charge in [0.25, 0.3) is 0 Å². The van der Waals surface area contributed by atoms with E-state index in [1.807, 2.05) is 0 Å². The topological polar surface area (TPSA) is 29.5 Å². The molecule has 0 radical (unpaired) electrons. The Bertz CT molecular complexity index is 329. The van der Waals surface area contributed by atoms with Crippen LogP contribution in [0.2, 0.25) is 15.1 Å². The van der Waals surface area contributed by atoms with Crippen LogP contribution in [0, 0.1) is 0 Å². The molecular weight excluding hydrogens is 258 g/mol. The molecule has 1 N–H and O–H groups in total. The van der Waals surface area contributed by atoms with E-state index in [1.165, 1.54) is 0 Å². The fourth-order valence-electron chi connectivity index (χ4n) is 1.02. The number of aliphatic hydroxyl groups is 1. The van der Waals surface area contributed by atoms with Crippen molar-refractivity contribution in [3.63, 3.8) is 0 Å². The first-order chi connectivity index (χ1) is 7.16. The molecule has 84 valence electrons. The summed E-state index contributed by atoms with van der Waals surface area (Å²) in [5.41, 5.74) is 0. The van der Waals surface area contributed by atoms with Crippen molar-refractivity contribution in [2.75, 3.05) is 13.2 Å². The van der Waals surface area contributed by atoms with Gasteiger partial charge in [0.15, 0.2) is 0 Å². The fourth-order valence-corrected chi connectivity index (χ4v) is 1.60. The molecule has 15 heavy (non-hydrogen) atoms. The molecule has 1 rings (SSSR count). The van der Waals surface area contributed by atoms with Crippen LogP contribution in [-0.4, -0.2) is 18.3 Å². The maximum atomic E-state index is 8.58. The van der Waals surface area contributed by atoms with Crippen molar-refractivity contribution in [3.05, 3.63) is 27.2 Å². The molecule has 1 aromatic carbocycles. The highest BCUT2D eigenvalue weighted by atomic mass is 35.5. The number of aliphatic hydroxyl groups excluding tert-OH is 1. The third kappa shape index (κ3) is 3.72. The number of unbranched alkanes of at least 4 members (excludes halogenated alkanes) is 1. The second kappa shape index (κ2) is 6.44. The summed E-state index contributed by atoms with van der Waals surface area (Å²) in [5, 5.41) is 9.62. The highest BCUT2D eigenvalue weighted by Crippen LogP contribution is 2.37. The zero-order valence-electron chi connectivity index (χ0n) is 7.97. The highest BCUT2D eigenvalue weighted by molar-refractivity contribution is 6.48. The zero-order chi connectivity index (χ0) is 11.3. The average molecular weight is 270 g/mol. The summed E-state index contributed by atoms with van der Waals surface area (Å²) in [5.74, 6) is 0.518. The molecule has 5 heteroatoms. The molecule has 0 aliphatic heterocycles. The van der Waals surface area contributed by atoms with Gasteiger partial charge in [0.1, 0.15) is 10.8 Å². The molecule has 0 fully saturated rings. The summed E-state index contributed by atoms with van der Waals surface area (Å²) < 4.78 is 5.39. The lowest BCUT2D eigenvalue weighted by Gasteiger charge is -2.09. The summed E-state index contributed by atoms with van der Waals surface area (Å²) in [6.45, 7) is 0.663. The molecule has 0 saturated carbocycles. The third-order valence-corrected chi connectivity index (χ3v) is 3.09. The molecule has 0 heterocycles.